The fraction of sp³-hybridized carbons (Fsp3) is 0.444. The molecule has 1 aromatic heterocycles. The lowest BCUT2D eigenvalue weighted by Gasteiger charge is -2.19. The zero-order valence-electron chi connectivity index (χ0n) is 14.1. The van der Waals surface area contributed by atoms with Gasteiger partial charge in [0.1, 0.15) is 12.9 Å². The van der Waals surface area contributed by atoms with Gasteiger partial charge in [0.15, 0.2) is 12.4 Å². The quantitative estimate of drug-likeness (QED) is 0.776. The summed E-state index contributed by atoms with van der Waals surface area (Å²) in [6, 6.07) is 9.52. The topological polar surface area (TPSA) is 77.3 Å². The largest absolute Gasteiger partial charge is 0.454 e. The molecule has 0 N–H and O–H groups in total. The molecule has 132 valence electrons. The molecule has 1 aliphatic rings. The highest BCUT2D eigenvalue weighted by Gasteiger charge is 2.17. The van der Waals surface area contributed by atoms with Crippen LogP contribution in [0.3, 0.4) is 0 Å². The van der Waals surface area contributed by atoms with Crippen LogP contribution >= 0.6 is 0 Å². The summed E-state index contributed by atoms with van der Waals surface area (Å²) in [4.78, 5) is 30.0. The highest BCUT2D eigenvalue weighted by Crippen LogP contribution is 2.13. The molecule has 0 saturated carbocycles. The van der Waals surface area contributed by atoms with Gasteiger partial charge in [-0.25, -0.2) is 9.67 Å². The minimum Gasteiger partial charge on any atom is -0.454 e. The van der Waals surface area contributed by atoms with Gasteiger partial charge in [0.05, 0.1) is 0 Å². The number of aromatic nitrogens is 3. The van der Waals surface area contributed by atoms with Crippen LogP contribution in [0.5, 0.6) is 0 Å². The molecule has 7 nitrogen and oxygen atoms in total. The Balaban J connectivity index is 1.48. The number of likely N-dealkylation sites (tertiary alicyclic amines) is 1. The van der Waals surface area contributed by atoms with Gasteiger partial charge >= 0.3 is 5.97 Å². The first-order valence-electron chi connectivity index (χ1n) is 8.60. The monoisotopic (exact) mass is 342 g/mol. The first-order chi connectivity index (χ1) is 12.2. The zero-order chi connectivity index (χ0) is 17.5. The summed E-state index contributed by atoms with van der Waals surface area (Å²) >= 11 is 0. The average molecular weight is 342 g/mol. The van der Waals surface area contributed by atoms with Crippen LogP contribution in [0.15, 0.2) is 36.7 Å². The molecular formula is C18H22N4O3. The Hall–Kier alpha value is -2.70. The van der Waals surface area contributed by atoms with Gasteiger partial charge in [-0.3, -0.25) is 9.59 Å². The number of esters is 1. The number of ether oxygens (including phenoxy) is 1. The maximum Gasteiger partial charge on any atom is 0.328 e. The van der Waals surface area contributed by atoms with E-state index in [4.69, 9.17) is 4.74 Å². The Morgan fingerprint density at radius 3 is 2.48 bits per heavy atom. The molecule has 1 fully saturated rings. The Bertz CT molecular complexity index is 706. The van der Waals surface area contributed by atoms with E-state index >= 15 is 0 Å². The van der Waals surface area contributed by atoms with Crippen molar-refractivity contribution in [2.24, 2.45) is 0 Å². The van der Waals surface area contributed by atoms with Gasteiger partial charge in [-0.15, -0.1) is 0 Å². The highest BCUT2D eigenvalue weighted by molar-refractivity contribution is 5.80. The smallest absolute Gasteiger partial charge is 0.328 e. The van der Waals surface area contributed by atoms with Crippen molar-refractivity contribution < 1.29 is 14.3 Å². The number of amides is 1. The normalized spacial score (nSPS) is 14.8. The van der Waals surface area contributed by atoms with Gasteiger partial charge in [-0.2, -0.15) is 5.10 Å². The van der Waals surface area contributed by atoms with Crippen molar-refractivity contribution in [3.63, 3.8) is 0 Å². The summed E-state index contributed by atoms with van der Waals surface area (Å²) in [5, 5.41) is 4.26. The van der Waals surface area contributed by atoms with E-state index in [1.165, 1.54) is 11.0 Å². The molecule has 1 aromatic carbocycles. The molecule has 7 heteroatoms. The fourth-order valence-corrected chi connectivity index (χ4v) is 2.82. The van der Waals surface area contributed by atoms with Crippen LogP contribution in [-0.2, 0) is 20.9 Å². The van der Waals surface area contributed by atoms with Crippen molar-refractivity contribution >= 4 is 11.9 Å². The summed E-state index contributed by atoms with van der Waals surface area (Å²) < 4.78 is 6.52. The number of rotatable bonds is 5. The maximum atomic E-state index is 12.1. The van der Waals surface area contributed by atoms with E-state index in [-0.39, 0.29) is 19.1 Å². The van der Waals surface area contributed by atoms with Gasteiger partial charge < -0.3 is 9.64 Å². The molecule has 2 aromatic rings. The molecule has 2 heterocycles. The van der Waals surface area contributed by atoms with E-state index in [2.05, 4.69) is 10.1 Å². The molecular weight excluding hydrogens is 320 g/mol. The highest BCUT2D eigenvalue weighted by atomic mass is 16.5. The SMILES string of the molecule is O=C(Cn1cnc(-c2ccccc2)n1)OCC(=O)N1CCCCCC1. The molecule has 1 saturated heterocycles. The van der Waals surface area contributed by atoms with Crippen molar-refractivity contribution in [1.29, 1.82) is 0 Å². The third-order valence-electron chi connectivity index (χ3n) is 4.17. The molecule has 1 amide bonds. The minimum absolute atomic E-state index is 0.0624. The number of benzene rings is 1. The second-order valence-electron chi connectivity index (χ2n) is 6.09. The molecule has 0 bridgehead atoms. The summed E-state index contributed by atoms with van der Waals surface area (Å²) in [6.45, 7) is 1.23. The van der Waals surface area contributed by atoms with Crippen molar-refractivity contribution in [3.05, 3.63) is 36.7 Å². The molecule has 0 aliphatic carbocycles. The first-order valence-corrected chi connectivity index (χ1v) is 8.60. The van der Waals surface area contributed by atoms with E-state index in [0.29, 0.717) is 5.82 Å². The van der Waals surface area contributed by atoms with Crippen molar-refractivity contribution in [2.75, 3.05) is 19.7 Å². The lowest BCUT2D eigenvalue weighted by molar-refractivity contribution is -0.152. The van der Waals surface area contributed by atoms with Gasteiger partial charge in [0.25, 0.3) is 5.91 Å². The van der Waals surface area contributed by atoms with E-state index in [1.807, 2.05) is 30.3 Å². The predicted octanol–water partition coefficient (Wildman–Crippen LogP) is 1.89. The summed E-state index contributed by atoms with van der Waals surface area (Å²) in [6.07, 6.45) is 5.82. The van der Waals surface area contributed by atoms with E-state index < -0.39 is 5.97 Å². The minimum atomic E-state index is -0.493. The van der Waals surface area contributed by atoms with Gasteiger partial charge in [-0.1, -0.05) is 43.2 Å². The molecule has 3 rings (SSSR count). The third-order valence-corrected chi connectivity index (χ3v) is 4.17. The summed E-state index contributed by atoms with van der Waals surface area (Å²) in [7, 11) is 0. The molecule has 0 atom stereocenters. The van der Waals surface area contributed by atoms with Crippen LogP contribution in [0.2, 0.25) is 0 Å². The van der Waals surface area contributed by atoms with E-state index in [9.17, 15) is 9.59 Å². The van der Waals surface area contributed by atoms with Gasteiger partial charge in [0, 0.05) is 18.7 Å². The summed E-state index contributed by atoms with van der Waals surface area (Å²) in [5.41, 5.74) is 0.881. The molecule has 0 spiro atoms. The molecule has 0 radical (unpaired) electrons. The second kappa shape index (κ2) is 8.41. The Kier molecular flexibility index (Phi) is 5.77. The number of hydrogen-bond acceptors (Lipinski definition) is 5. The van der Waals surface area contributed by atoms with Crippen LogP contribution in [0.25, 0.3) is 11.4 Å². The number of hydrogen-bond donors (Lipinski definition) is 0. The van der Waals surface area contributed by atoms with Gasteiger partial charge in [0.2, 0.25) is 0 Å². The predicted molar refractivity (Wildman–Crippen MR) is 91.5 cm³/mol. The Morgan fingerprint density at radius 2 is 1.76 bits per heavy atom. The van der Waals surface area contributed by atoms with E-state index in [0.717, 1.165) is 44.3 Å². The van der Waals surface area contributed by atoms with Crippen LogP contribution in [0.4, 0.5) is 0 Å². The van der Waals surface area contributed by atoms with E-state index in [1.54, 1.807) is 4.90 Å². The van der Waals surface area contributed by atoms with Crippen molar-refractivity contribution in [1.82, 2.24) is 19.7 Å². The third kappa shape index (κ3) is 4.89. The molecule has 1 aliphatic heterocycles. The maximum absolute atomic E-state index is 12.1. The zero-order valence-corrected chi connectivity index (χ0v) is 14.1. The molecule has 25 heavy (non-hydrogen) atoms. The van der Waals surface area contributed by atoms with Crippen molar-refractivity contribution in [2.45, 2.75) is 32.2 Å². The van der Waals surface area contributed by atoms with Crippen LogP contribution < -0.4 is 0 Å². The standard InChI is InChI=1S/C18H22N4O3/c23-16(21-10-6-1-2-7-11-21)13-25-17(24)12-22-14-19-18(20-22)15-8-4-3-5-9-15/h3-5,8-9,14H,1-2,6-7,10-13H2. The van der Waals surface area contributed by atoms with Gasteiger partial charge in [-0.05, 0) is 12.8 Å². The second-order valence-corrected chi connectivity index (χ2v) is 6.09. The number of nitrogens with zero attached hydrogens (tertiary/aromatic N) is 4. The lowest BCUT2D eigenvalue weighted by atomic mass is 10.2. The number of carbonyl (C=O) groups is 2. The molecule has 0 unspecified atom stereocenters. The first kappa shape index (κ1) is 17.1. The van der Waals surface area contributed by atoms with Crippen LogP contribution in [0, 0.1) is 0 Å². The Morgan fingerprint density at radius 1 is 1.04 bits per heavy atom. The van der Waals surface area contributed by atoms with Crippen molar-refractivity contribution in [3.8, 4) is 11.4 Å². The van der Waals surface area contributed by atoms with Crippen LogP contribution in [-0.4, -0.2) is 51.2 Å². The average Bonchev–Trinajstić information content (AvgIpc) is 2.92. The number of carbonyl (C=O) groups excluding carboxylic acids is 2. The Labute approximate surface area is 146 Å². The fourth-order valence-electron chi connectivity index (χ4n) is 2.82. The lowest BCUT2D eigenvalue weighted by Crippen LogP contribution is -2.35. The summed E-state index contributed by atoms with van der Waals surface area (Å²) in [5.74, 6) is -0.0689. The van der Waals surface area contributed by atoms with Crippen LogP contribution in [0.1, 0.15) is 25.7 Å².